The highest BCUT2D eigenvalue weighted by molar-refractivity contribution is 6.43. The Morgan fingerprint density at radius 1 is 1.25 bits per heavy atom. The molecule has 0 aliphatic rings. The van der Waals surface area contributed by atoms with Crippen LogP contribution in [0.25, 0.3) is 0 Å². The third-order valence-electron chi connectivity index (χ3n) is 2.59. The Labute approximate surface area is 127 Å². The Morgan fingerprint density at radius 3 is 2.35 bits per heavy atom. The van der Waals surface area contributed by atoms with E-state index in [4.69, 9.17) is 28.3 Å². The summed E-state index contributed by atoms with van der Waals surface area (Å²) in [5.74, 6) is -1.11. The average Bonchev–Trinajstić information content (AvgIpc) is 2.30. The van der Waals surface area contributed by atoms with E-state index in [0.29, 0.717) is 10.7 Å². The summed E-state index contributed by atoms with van der Waals surface area (Å²) < 4.78 is 0. The number of hydrogen-bond acceptors (Lipinski definition) is 2. The maximum atomic E-state index is 11.9. The van der Waals surface area contributed by atoms with Crippen LogP contribution in [0.1, 0.15) is 20.8 Å². The molecule has 0 bridgehead atoms. The predicted molar refractivity (Wildman–Crippen MR) is 79.5 cm³/mol. The summed E-state index contributed by atoms with van der Waals surface area (Å²) in [6.45, 7) is 5.16. The van der Waals surface area contributed by atoms with E-state index in [9.17, 15) is 9.59 Å². The molecule has 0 heterocycles. The summed E-state index contributed by atoms with van der Waals surface area (Å²) in [5, 5.41) is 14.5. The van der Waals surface area contributed by atoms with Crippen molar-refractivity contribution >= 4 is 40.9 Å². The molecule has 2 amide bonds. The fourth-order valence-corrected chi connectivity index (χ4v) is 1.89. The summed E-state index contributed by atoms with van der Waals surface area (Å²) in [4.78, 5) is 23.0. The molecule has 0 aliphatic heterocycles. The molecule has 0 radical (unpaired) electrons. The number of amides is 2. The standard InChI is InChI=1S/C13H16Cl2N2O3/c1-13(2,3)10(11(18)19)17-12(20)16-8-6-4-5-7(14)9(8)15/h4-6,10H,1-3H3,(H,18,19)(H2,16,17,20). The first-order valence-corrected chi connectivity index (χ1v) is 6.63. The molecule has 1 atom stereocenters. The number of carbonyl (C=O) groups is 2. The van der Waals surface area contributed by atoms with Crippen LogP contribution in [-0.4, -0.2) is 23.1 Å². The third kappa shape index (κ3) is 4.28. The van der Waals surface area contributed by atoms with Gasteiger partial charge in [-0.05, 0) is 17.5 Å². The summed E-state index contributed by atoms with van der Waals surface area (Å²) in [6.07, 6.45) is 0. The molecule has 1 aromatic carbocycles. The van der Waals surface area contributed by atoms with E-state index in [1.54, 1.807) is 39.0 Å². The van der Waals surface area contributed by atoms with Crippen LogP contribution < -0.4 is 10.6 Å². The summed E-state index contributed by atoms with van der Waals surface area (Å²) in [5.41, 5.74) is -0.309. The molecule has 0 fully saturated rings. The molecular formula is C13H16Cl2N2O3. The second-order valence-corrected chi connectivity index (χ2v) is 6.12. The van der Waals surface area contributed by atoms with Crippen LogP contribution in [-0.2, 0) is 4.79 Å². The fraction of sp³-hybridized carbons (Fsp3) is 0.385. The van der Waals surface area contributed by atoms with Gasteiger partial charge in [-0.2, -0.15) is 0 Å². The molecule has 7 heteroatoms. The number of rotatable bonds is 3. The smallest absolute Gasteiger partial charge is 0.326 e. The van der Waals surface area contributed by atoms with Crippen LogP contribution >= 0.6 is 23.2 Å². The van der Waals surface area contributed by atoms with Crippen molar-refractivity contribution in [3.05, 3.63) is 28.2 Å². The molecule has 1 unspecified atom stereocenters. The van der Waals surface area contributed by atoms with Crippen molar-refractivity contribution in [2.24, 2.45) is 5.41 Å². The van der Waals surface area contributed by atoms with Crippen molar-refractivity contribution in [2.45, 2.75) is 26.8 Å². The van der Waals surface area contributed by atoms with E-state index in [-0.39, 0.29) is 5.02 Å². The van der Waals surface area contributed by atoms with E-state index < -0.39 is 23.5 Å². The molecule has 1 aromatic rings. The van der Waals surface area contributed by atoms with E-state index in [1.807, 2.05) is 0 Å². The van der Waals surface area contributed by atoms with Crippen LogP contribution in [0.15, 0.2) is 18.2 Å². The highest BCUT2D eigenvalue weighted by Gasteiger charge is 2.32. The molecule has 3 N–H and O–H groups in total. The largest absolute Gasteiger partial charge is 0.480 e. The number of benzene rings is 1. The molecule has 0 spiro atoms. The van der Waals surface area contributed by atoms with E-state index >= 15 is 0 Å². The van der Waals surface area contributed by atoms with Crippen LogP contribution in [0.5, 0.6) is 0 Å². The van der Waals surface area contributed by atoms with Gasteiger partial charge in [-0.15, -0.1) is 0 Å². The number of hydrogen-bond donors (Lipinski definition) is 3. The molecule has 0 aromatic heterocycles. The zero-order valence-corrected chi connectivity index (χ0v) is 12.8. The number of carbonyl (C=O) groups excluding carboxylic acids is 1. The molecule has 110 valence electrons. The molecule has 1 rings (SSSR count). The number of halogens is 2. The van der Waals surface area contributed by atoms with E-state index in [1.165, 1.54) is 0 Å². The minimum absolute atomic E-state index is 0.201. The second kappa shape index (κ2) is 6.33. The Bertz CT molecular complexity index is 527. The quantitative estimate of drug-likeness (QED) is 0.796. The lowest BCUT2D eigenvalue weighted by Gasteiger charge is -2.27. The molecule has 0 aliphatic carbocycles. The maximum absolute atomic E-state index is 11.9. The van der Waals surface area contributed by atoms with Crippen molar-refractivity contribution in [2.75, 3.05) is 5.32 Å². The van der Waals surface area contributed by atoms with Crippen LogP contribution in [0.3, 0.4) is 0 Å². The van der Waals surface area contributed by atoms with Gasteiger partial charge in [-0.3, -0.25) is 0 Å². The lowest BCUT2D eigenvalue weighted by molar-refractivity contribution is -0.141. The lowest BCUT2D eigenvalue weighted by Crippen LogP contribution is -2.50. The highest BCUT2D eigenvalue weighted by atomic mass is 35.5. The van der Waals surface area contributed by atoms with Crippen LogP contribution in [0.2, 0.25) is 10.0 Å². The topological polar surface area (TPSA) is 78.4 Å². The number of nitrogens with one attached hydrogen (secondary N) is 2. The Hall–Kier alpha value is -1.46. The Balaban J connectivity index is 2.82. The van der Waals surface area contributed by atoms with Gasteiger partial charge >= 0.3 is 12.0 Å². The zero-order chi connectivity index (χ0) is 15.5. The molecular weight excluding hydrogens is 303 g/mol. The monoisotopic (exact) mass is 318 g/mol. The van der Waals surface area contributed by atoms with Gasteiger partial charge in [0.15, 0.2) is 0 Å². The number of aliphatic carboxylic acids is 1. The van der Waals surface area contributed by atoms with Gasteiger partial charge in [0.1, 0.15) is 6.04 Å². The number of urea groups is 1. The Morgan fingerprint density at radius 2 is 1.85 bits per heavy atom. The van der Waals surface area contributed by atoms with Crippen molar-refractivity contribution in [3.63, 3.8) is 0 Å². The van der Waals surface area contributed by atoms with Gasteiger partial charge in [-0.25, -0.2) is 9.59 Å². The SMILES string of the molecule is CC(C)(C)C(NC(=O)Nc1cccc(Cl)c1Cl)C(=O)O. The van der Waals surface area contributed by atoms with Crippen LogP contribution in [0.4, 0.5) is 10.5 Å². The van der Waals surface area contributed by atoms with E-state index in [0.717, 1.165) is 0 Å². The van der Waals surface area contributed by atoms with Gasteiger partial charge in [0, 0.05) is 0 Å². The van der Waals surface area contributed by atoms with Crippen molar-refractivity contribution in [3.8, 4) is 0 Å². The van der Waals surface area contributed by atoms with Crippen molar-refractivity contribution < 1.29 is 14.7 Å². The lowest BCUT2D eigenvalue weighted by atomic mass is 9.87. The maximum Gasteiger partial charge on any atom is 0.326 e. The molecule has 20 heavy (non-hydrogen) atoms. The molecule has 0 saturated carbocycles. The highest BCUT2D eigenvalue weighted by Crippen LogP contribution is 2.29. The van der Waals surface area contributed by atoms with Crippen molar-refractivity contribution in [1.82, 2.24) is 5.32 Å². The van der Waals surface area contributed by atoms with Gasteiger partial charge in [0.05, 0.1) is 15.7 Å². The minimum Gasteiger partial charge on any atom is -0.480 e. The van der Waals surface area contributed by atoms with E-state index in [2.05, 4.69) is 10.6 Å². The summed E-state index contributed by atoms with van der Waals surface area (Å²) >= 11 is 11.8. The average molecular weight is 319 g/mol. The summed E-state index contributed by atoms with van der Waals surface area (Å²) in [6, 6.07) is 3.10. The first-order chi connectivity index (χ1) is 9.12. The first-order valence-electron chi connectivity index (χ1n) is 5.87. The predicted octanol–water partition coefficient (Wildman–Crippen LogP) is 3.61. The molecule has 0 saturated heterocycles. The molecule has 5 nitrogen and oxygen atoms in total. The number of anilines is 1. The minimum atomic E-state index is -1.11. The van der Waals surface area contributed by atoms with Gasteiger partial charge in [-0.1, -0.05) is 50.0 Å². The Kier molecular flexibility index (Phi) is 5.25. The second-order valence-electron chi connectivity index (χ2n) is 5.34. The fourth-order valence-electron chi connectivity index (χ4n) is 1.54. The zero-order valence-electron chi connectivity index (χ0n) is 11.3. The third-order valence-corrected chi connectivity index (χ3v) is 3.41. The van der Waals surface area contributed by atoms with Crippen LogP contribution in [0, 0.1) is 5.41 Å². The number of carboxylic acids is 1. The van der Waals surface area contributed by atoms with Gasteiger partial charge < -0.3 is 15.7 Å². The normalized spacial score (nSPS) is 12.7. The number of carboxylic acid groups (broad SMARTS) is 1. The van der Waals surface area contributed by atoms with Gasteiger partial charge in [0.25, 0.3) is 0 Å². The first kappa shape index (κ1) is 16.6. The van der Waals surface area contributed by atoms with Crippen molar-refractivity contribution in [1.29, 1.82) is 0 Å². The summed E-state index contributed by atoms with van der Waals surface area (Å²) in [7, 11) is 0. The van der Waals surface area contributed by atoms with Gasteiger partial charge in [0.2, 0.25) is 0 Å².